The summed E-state index contributed by atoms with van der Waals surface area (Å²) in [7, 11) is 0. The Bertz CT molecular complexity index is 786. The SMILES string of the molecule is C[C@H](NC(=O)c1cc2c(nc3sccn32)s1)C(=O)O. The molecule has 0 aromatic carbocycles. The predicted octanol–water partition coefficient (Wildman–Crippen LogP) is 1.81. The van der Waals surface area contributed by atoms with Gasteiger partial charge in [0.15, 0.2) is 4.96 Å². The molecule has 3 rings (SSSR count). The van der Waals surface area contributed by atoms with Gasteiger partial charge in [-0.3, -0.25) is 14.0 Å². The number of hydrogen-bond acceptors (Lipinski definition) is 5. The summed E-state index contributed by atoms with van der Waals surface area (Å²) in [5.41, 5.74) is 0.870. The fraction of sp³-hybridized carbons (Fsp3) is 0.182. The highest BCUT2D eigenvalue weighted by Gasteiger charge is 2.19. The van der Waals surface area contributed by atoms with Crippen molar-refractivity contribution in [2.45, 2.75) is 13.0 Å². The molecule has 0 aliphatic rings. The Kier molecular flexibility index (Phi) is 2.76. The summed E-state index contributed by atoms with van der Waals surface area (Å²) < 4.78 is 1.91. The van der Waals surface area contributed by atoms with Gasteiger partial charge in [0.2, 0.25) is 0 Å². The fourth-order valence-electron chi connectivity index (χ4n) is 1.69. The molecule has 98 valence electrons. The summed E-state index contributed by atoms with van der Waals surface area (Å²) in [6, 6.07) is 0.821. The van der Waals surface area contributed by atoms with Crippen LogP contribution < -0.4 is 5.32 Å². The van der Waals surface area contributed by atoms with Crippen LogP contribution in [-0.4, -0.2) is 32.4 Å². The van der Waals surface area contributed by atoms with Crippen LogP contribution in [0.25, 0.3) is 15.3 Å². The van der Waals surface area contributed by atoms with Gasteiger partial charge in [0, 0.05) is 11.6 Å². The second kappa shape index (κ2) is 4.32. The third-order valence-corrected chi connectivity index (χ3v) is 4.46. The minimum Gasteiger partial charge on any atom is -0.480 e. The van der Waals surface area contributed by atoms with Crippen LogP contribution in [0.3, 0.4) is 0 Å². The molecule has 0 aliphatic carbocycles. The smallest absolute Gasteiger partial charge is 0.325 e. The molecule has 0 bridgehead atoms. The molecule has 0 fully saturated rings. The van der Waals surface area contributed by atoms with Crippen molar-refractivity contribution in [3.63, 3.8) is 0 Å². The van der Waals surface area contributed by atoms with E-state index in [1.165, 1.54) is 29.6 Å². The number of carboxylic acid groups (broad SMARTS) is 1. The van der Waals surface area contributed by atoms with Gasteiger partial charge in [-0.25, -0.2) is 4.98 Å². The molecule has 1 atom stereocenters. The molecular formula is C11H9N3O3S2. The Labute approximate surface area is 115 Å². The molecule has 19 heavy (non-hydrogen) atoms. The molecular weight excluding hydrogens is 286 g/mol. The standard InChI is InChI=1S/C11H9N3O3S2/c1-5(10(16)17)12-8(15)7-4-6-9(19-7)13-11-14(6)2-3-18-11/h2-5H,1H3,(H,12,15)(H,16,17)/t5-/m0/s1. The van der Waals surface area contributed by atoms with E-state index in [0.29, 0.717) is 4.88 Å². The number of carbonyl (C=O) groups excluding carboxylic acids is 1. The maximum Gasteiger partial charge on any atom is 0.325 e. The molecule has 3 aromatic heterocycles. The van der Waals surface area contributed by atoms with Crippen LogP contribution in [-0.2, 0) is 4.79 Å². The number of aromatic nitrogens is 2. The highest BCUT2D eigenvalue weighted by molar-refractivity contribution is 7.21. The van der Waals surface area contributed by atoms with Gasteiger partial charge in [-0.15, -0.1) is 22.7 Å². The van der Waals surface area contributed by atoms with E-state index in [2.05, 4.69) is 10.3 Å². The normalized spacial score (nSPS) is 12.9. The minimum absolute atomic E-state index is 0.387. The average Bonchev–Trinajstić information content (AvgIpc) is 2.98. The quantitative estimate of drug-likeness (QED) is 0.772. The maximum absolute atomic E-state index is 11.9. The molecule has 6 nitrogen and oxygen atoms in total. The van der Waals surface area contributed by atoms with E-state index in [0.717, 1.165) is 15.3 Å². The molecule has 0 spiro atoms. The van der Waals surface area contributed by atoms with E-state index < -0.39 is 12.0 Å². The summed E-state index contributed by atoms with van der Waals surface area (Å²) >= 11 is 2.79. The Morgan fingerprint density at radius 1 is 1.53 bits per heavy atom. The first-order valence-electron chi connectivity index (χ1n) is 5.45. The Morgan fingerprint density at radius 3 is 3.05 bits per heavy atom. The predicted molar refractivity (Wildman–Crippen MR) is 73.0 cm³/mol. The van der Waals surface area contributed by atoms with Crippen LogP contribution in [0.1, 0.15) is 16.6 Å². The number of nitrogens with one attached hydrogen (secondary N) is 1. The number of nitrogens with zero attached hydrogens (tertiary/aromatic N) is 2. The summed E-state index contributed by atoms with van der Waals surface area (Å²) in [6.07, 6.45) is 1.89. The summed E-state index contributed by atoms with van der Waals surface area (Å²) in [4.78, 5) is 29.1. The lowest BCUT2D eigenvalue weighted by Gasteiger charge is -2.07. The highest BCUT2D eigenvalue weighted by atomic mass is 32.1. The van der Waals surface area contributed by atoms with Crippen molar-refractivity contribution in [3.8, 4) is 0 Å². The number of thiazole rings is 1. The second-order valence-electron chi connectivity index (χ2n) is 4.00. The van der Waals surface area contributed by atoms with Crippen LogP contribution in [0.15, 0.2) is 17.6 Å². The van der Waals surface area contributed by atoms with Gasteiger partial charge in [0.25, 0.3) is 5.91 Å². The maximum atomic E-state index is 11.9. The molecule has 0 saturated heterocycles. The Balaban J connectivity index is 1.94. The van der Waals surface area contributed by atoms with Crippen molar-refractivity contribution >= 4 is 49.9 Å². The lowest BCUT2D eigenvalue weighted by atomic mass is 10.3. The number of thiophene rings is 1. The molecule has 1 amide bonds. The number of fused-ring (bicyclic) bond motifs is 3. The largest absolute Gasteiger partial charge is 0.480 e. The second-order valence-corrected chi connectivity index (χ2v) is 5.91. The van der Waals surface area contributed by atoms with Gasteiger partial charge < -0.3 is 10.4 Å². The number of amides is 1. The number of aliphatic carboxylic acids is 1. The topological polar surface area (TPSA) is 83.7 Å². The van der Waals surface area contributed by atoms with Gasteiger partial charge in [-0.05, 0) is 13.0 Å². The van der Waals surface area contributed by atoms with Crippen LogP contribution in [0.2, 0.25) is 0 Å². The molecule has 3 aromatic rings. The third-order valence-electron chi connectivity index (χ3n) is 2.68. The van der Waals surface area contributed by atoms with E-state index in [4.69, 9.17) is 5.11 Å². The van der Waals surface area contributed by atoms with Crippen molar-refractivity contribution < 1.29 is 14.7 Å². The van der Waals surface area contributed by atoms with Crippen LogP contribution >= 0.6 is 22.7 Å². The first kappa shape index (κ1) is 12.1. The first-order chi connectivity index (χ1) is 9.06. The molecule has 0 aliphatic heterocycles. The van der Waals surface area contributed by atoms with Crippen molar-refractivity contribution in [1.82, 2.24) is 14.7 Å². The van der Waals surface area contributed by atoms with Crippen molar-refractivity contribution in [3.05, 3.63) is 22.5 Å². The number of imidazole rings is 1. The van der Waals surface area contributed by atoms with E-state index in [1.54, 1.807) is 6.07 Å². The van der Waals surface area contributed by atoms with Gasteiger partial charge >= 0.3 is 5.97 Å². The van der Waals surface area contributed by atoms with Crippen molar-refractivity contribution in [2.24, 2.45) is 0 Å². The zero-order valence-electron chi connectivity index (χ0n) is 9.78. The number of hydrogen-bond donors (Lipinski definition) is 2. The van der Waals surface area contributed by atoms with Crippen LogP contribution in [0.4, 0.5) is 0 Å². The third kappa shape index (κ3) is 1.98. The fourth-order valence-corrected chi connectivity index (χ4v) is 3.39. The number of carboxylic acids is 1. The molecule has 0 radical (unpaired) electrons. The average molecular weight is 295 g/mol. The van der Waals surface area contributed by atoms with Gasteiger partial charge in [-0.2, -0.15) is 0 Å². The summed E-state index contributed by atoms with van der Waals surface area (Å²) in [5.74, 6) is -1.45. The highest BCUT2D eigenvalue weighted by Crippen LogP contribution is 2.28. The Hall–Kier alpha value is -1.93. The van der Waals surface area contributed by atoms with Crippen LogP contribution in [0, 0.1) is 0 Å². The van der Waals surface area contributed by atoms with Crippen molar-refractivity contribution in [2.75, 3.05) is 0 Å². The van der Waals surface area contributed by atoms with Gasteiger partial charge in [0.05, 0.1) is 10.4 Å². The van der Waals surface area contributed by atoms with E-state index in [9.17, 15) is 9.59 Å². The molecule has 3 heterocycles. The molecule has 0 unspecified atom stereocenters. The monoisotopic (exact) mass is 295 g/mol. The zero-order chi connectivity index (χ0) is 13.6. The van der Waals surface area contributed by atoms with E-state index >= 15 is 0 Å². The summed E-state index contributed by atoms with van der Waals surface area (Å²) in [5, 5.41) is 13.1. The lowest BCUT2D eigenvalue weighted by Crippen LogP contribution is -2.37. The molecule has 8 heteroatoms. The van der Waals surface area contributed by atoms with Gasteiger partial charge in [-0.1, -0.05) is 0 Å². The minimum atomic E-state index is -1.06. The molecule has 0 saturated carbocycles. The zero-order valence-corrected chi connectivity index (χ0v) is 11.4. The van der Waals surface area contributed by atoms with E-state index in [1.807, 2.05) is 16.0 Å². The van der Waals surface area contributed by atoms with Crippen LogP contribution in [0.5, 0.6) is 0 Å². The first-order valence-corrected chi connectivity index (χ1v) is 7.14. The molecule has 2 N–H and O–H groups in total. The number of rotatable bonds is 3. The Morgan fingerprint density at radius 2 is 2.32 bits per heavy atom. The summed E-state index contributed by atoms with van der Waals surface area (Å²) in [6.45, 7) is 1.43. The van der Waals surface area contributed by atoms with E-state index in [-0.39, 0.29) is 5.91 Å². The van der Waals surface area contributed by atoms with Gasteiger partial charge in [0.1, 0.15) is 10.9 Å². The lowest BCUT2D eigenvalue weighted by molar-refractivity contribution is -0.138. The van der Waals surface area contributed by atoms with Crippen molar-refractivity contribution in [1.29, 1.82) is 0 Å². The number of carbonyl (C=O) groups is 2.